The van der Waals surface area contributed by atoms with E-state index < -0.39 is 0 Å². The lowest BCUT2D eigenvalue weighted by Crippen LogP contribution is -2.13. The van der Waals surface area contributed by atoms with Gasteiger partial charge in [-0.1, -0.05) is 17.4 Å². The van der Waals surface area contributed by atoms with Gasteiger partial charge in [-0.25, -0.2) is 0 Å². The number of carbonyl (C=O) groups is 1. The van der Waals surface area contributed by atoms with E-state index in [1.807, 2.05) is 48.9 Å². The summed E-state index contributed by atoms with van der Waals surface area (Å²) in [7, 11) is 3.54. The molecule has 1 aromatic carbocycles. The number of carbonyl (C=O) groups excluding carboxylic acids is 1. The first-order valence-electron chi connectivity index (χ1n) is 6.38. The van der Waals surface area contributed by atoms with Crippen LogP contribution < -0.4 is 9.54 Å². The van der Waals surface area contributed by atoms with Crippen molar-refractivity contribution in [2.45, 2.75) is 6.92 Å². The van der Waals surface area contributed by atoms with Gasteiger partial charge < -0.3 is 9.30 Å². The molecule has 0 spiro atoms. The highest BCUT2D eigenvalue weighted by atomic mass is 32.1. The Morgan fingerprint density at radius 1 is 1.24 bits per heavy atom. The second-order valence-corrected chi connectivity index (χ2v) is 6.87. The Morgan fingerprint density at radius 3 is 2.71 bits per heavy atom. The Morgan fingerprint density at radius 2 is 2.05 bits per heavy atom. The molecule has 0 aliphatic rings. The number of hydrogen-bond donors (Lipinski definition) is 0. The summed E-state index contributed by atoms with van der Waals surface area (Å²) < 4.78 is 8.32. The molecule has 2 heterocycles. The number of ether oxygens (including phenoxy) is 1. The molecule has 108 valence electrons. The maximum absolute atomic E-state index is 12.2. The SMILES string of the molecule is COc1cccc2sc(=NC(=O)c3ccc(C)s3)n(C)c12. The highest BCUT2D eigenvalue weighted by molar-refractivity contribution is 7.16. The van der Waals surface area contributed by atoms with E-state index in [1.165, 1.54) is 22.7 Å². The molecular weight excluding hydrogens is 304 g/mol. The van der Waals surface area contributed by atoms with Crippen LogP contribution in [0.15, 0.2) is 35.3 Å². The number of methoxy groups -OCH3 is 1. The number of thiazole rings is 1. The van der Waals surface area contributed by atoms with Gasteiger partial charge in [0.2, 0.25) is 0 Å². The predicted octanol–water partition coefficient (Wildman–Crippen LogP) is 3.36. The fourth-order valence-corrected chi connectivity index (χ4v) is 3.92. The fraction of sp³-hybridized carbons (Fsp3) is 0.200. The summed E-state index contributed by atoms with van der Waals surface area (Å²) in [4.78, 5) is 18.9. The summed E-state index contributed by atoms with van der Waals surface area (Å²) in [5.41, 5.74) is 0.957. The van der Waals surface area contributed by atoms with Gasteiger partial charge in [-0.05, 0) is 31.2 Å². The molecule has 0 atom stereocenters. The zero-order valence-corrected chi connectivity index (χ0v) is 13.5. The topological polar surface area (TPSA) is 43.6 Å². The summed E-state index contributed by atoms with van der Waals surface area (Å²) >= 11 is 2.95. The maximum Gasteiger partial charge on any atom is 0.289 e. The number of amides is 1. The number of thiophene rings is 1. The van der Waals surface area contributed by atoms with E-state index in [9.17, 15) is 4.79 Å². The molecule has 4 nitrogen and oxygen atoms in total. The number of para-hydroxylation sites is 1. The molecule has 0 saturated heterocycles. The van der Waals surface area contributed by atoms with Gasteiger partial charge in [-0.2, -0.15) is 4.99 Å². The Bertz CT molecular complexity index is 887. The van der Waals surface area contributed by atoms with Crippen molar-refractivity contribution in [1.82, 2.24) is 4.57 Å². The molecule has 3 aromatic rings. The van der Waals surface area contributed by atoms with Gasteiger partial charge in [0, 0.05) is 11.9 Å². The molecule has 0 bridgehead atoms. The van der Waals surface area contributed by atoms with Crippen LogP contribution >= 0.6 is 22.7 Å². The molecule has 0 aliphatic carbocycles. The van der Waals surface area contributed by atoms with E-state index in [0.29, 0.717) is 9.68 Å². The lowest BCUT2D eigenvalue weighted by atomic mass is 10.3. The Kier molecular flexibility index (Phi) is 3.65. The smallest absolute Gasteiger partial charge is 0.289 e. The van der Waals surface area contributed by atoms with Gasteiger partial charge in [-0.15, -0.1) is 11.3 Å². The normalized spacial score (nSPS) is 12.0. The van der Waals surface area contributed by atoms with Crippen LogP contribution in [-0.4, -0.2) is 17.6 Å². The summed E-state index contributed by atoms with van der Waals surface area (Å²) in [5.74, 6) is 0.585. The third-order valence-electron chi connectivity index (χ3n) is 3.15. The van der Waals surface area contributed by atoms with Crippen LogP contribution in [0.3, 0.4) is 0 Å². The van der Waals surface area contributed by atoms with E-state index >= 15 is 0 Å². The predicted molar refractivity (Wildman–Crippen MR) is 86.3 cm³/mol. The van der Waals surface area contributed by atoms with E-state index in [0.717, 1.165) is 20.8 Å². The minimum atomic E-state index is -0.200. The largest absolute Gasteiger partial charge is 0.495 e. The van der Waals surface area contributed by atoms with Gasteiger partial charge in [-0.3, -0.25) is 4.79 Å². The minimum absolute atomic E-state index is 0.200. The fourth-order valence-electron chi connectivity index (χ4n) is 2.13. The Balaban J connectivity index is 2.14. The number of fused-ring (bicyclic) bond motifs is 1. The first-order valence-corrected chi connectivity index (χ1v) is 8.01. The molecular formula is C15H14N2O2S2. The summed E-state index contributed by atoms with van der Waals surface area (Å²) in [6.45, 7) is 1.98. The maximum atomic E-state index is 12.2. The van der Waals surface area contributed by atoms with E-state index in [1.54, 1.807) is 7.11 Å². The van der Waals surface area contributed by atoms with E-state index in [-0.39, 0.29) is 5.91 Å². The van der Waals surface area contributed by atoms with Crippen molar-refractivity contribution in [3.8, 4) is 5.75 Å². The first kappa shape index (κ1) is 14.0. The van der Waals surface area contributed by atoms with E-state index in [2.05, 4.69) is 4.99 Å². The number of benzene rings is 1. The van der Waals surface area contributed by atoms with Crippen molar-refractivity contribution >= 4 is 38.8 Å². The first-order chi connectivity index (χ1) is 10.1. The monoisotopic (exact) mass is 318 g/mol. The average Bonchev–Trinajstić information content (AvgIpc) is 3.04. The third-order valence-corrected chi connectivity index (χ3v) is 5.24. The molecule has 0 unspecified atom stereocenters. The average molecular weight is 318 g/mol. The van der Waals surface area contributed by atoms with Crippen LogP contribution in [0.5, 0.6) is 5.75 Å². The standard InChI is InChI=1S/C15H14N2O2S2/c1-9-7-8-12(20-9)14(18)16-15-17(2)13-10(19-3)5-4-6-11(13)21-15/h4-8H,1-3H3. The molecule has 2 aromatic heterocycles. The summed E-state index contributed by atoms with van der Waals surface area (Å²) in [6, 6.07) is 9.59. The molecule has 3 rings (SSSR count). The lowest BCUT2D eigenvalue weighted by Gasteiger charge is -2.02. The second-order valence-electron chi connectivity index (χ2n) is 4.58. The molecule has 0 aliphatic heterocycles. The van der Waals surface area contributed by atoms with Gasteiger partial charge in [0.05, 0.1) is 16.7 Å². The number of aromatic nitrogens is 1. The zero-order chi connectivity index (χ0) is 15.0. The lowest BCUT2D eigenvalue weighted by molar-refractivity contribution is 0.100. The van der Waals surface area contributed by atoms with Crippen molar-refractivity contribution in [2.75, 3.05) is 7.11 Å². The van der Waals surface area contributed by atoms with Crippen molar-refractivity contribution in [1.29, 1.82) is 0 Å². The van der Waals surface area contributed by atoms with Gasteiger partial charge in [0.25, 0.3) is 5.91 Å². The summed E-state index contributed by atoms with van der Waals surface area (Å²) in [5, 5.41) is 0. The molecule has 0 N–H and O–H groups in total. The minimum Gasteiger partial charge on any atom is -0.495 e. The quantitative estimate of drug-likeness (QED) is 0.727. The number of rotatable bonds is 2. The van der Waals surface area contributed by atoms with Gasteiger partial charge in [0.1, 0.15) is 11.3 Å². The van der Waals surface area contributed by atoms with Crippen molar-refractivity contribution in [3.63, 3.8) is 0 Å². The zero-order valence-electron chi connectivity index (χ0n) is 11.9. The molecule has 6 heteroatoms. The van der Waals surface area contributed by atoms with Crippen LogP contribution in [0.4, 0.5) is 0 Å². The van der Waals surface area contributed by atoms with Crippen molar-refractivity contribution in [2.24, 2.45) is 12.0 Å². The Labute approximate surface area is 130 Å². The van der Waals surface area contributed by atoms with Crippen LogP contribution in [0.25, 0.3) is 10.2 Å². The summed E-state index contributed by atoms with van der Waals surface area (Å²) in [6.07, 6.45) is 0. The van der Waals surface area contributed by atoms with Crippen molar-refractivity contribution in [3.05, 3.63) is 44.9 Å². The Hall–Kier alpha value is -1.92. The van der Waals surface area contributed by atoms with Crippen LogP contribution in [-0.2, 0) is 7.05 Å². The highest BCUT2D eigenvalue weighted by Crippen LogP contribution is 2.26. The molecule has 0 saturated carbocycles. The highest BCUT2D eigenvalue weighted by Gasteiger charge is 2.11. The van der Waals surface area contributed by atoms with Crippen molar-refractivity contribution < 1.29 is 9.53 Å². The number of hydrogen-bond acceptors (Lipinski definition) is 4. The third kappa shape index (κ3) is 2.52. The van der Waals surface area contributed by atoms with Crippen LogP contribution in [0.1, 0.15) is 14.5 Å². The van der Waals surface area contributed by atoms with Gasteiger partial charge in [0.15, 0.2) is 4.80 Å². The van der Waals surface area contributed by atoms with Gasteiger partial charge >= 0.3 is 0 Å². The second kappa shape index (κ2) is 5.46. The molecule has 0 radical (unpaired) electrons. The van der Waals surface area contributed by atoms with Crippen LogP contribution in [0, 0.1) is 6.92 Å². The van der Waals surface area contributed by atoms with Crippen LogP contribution in [0.2, 0.25) is 0 Å². The molecule has 0 fully saturated rings. The molecule has 21 heavy (non-hydrogen) atoms. The van der Waals surface area contributed by atoms with E-state index in [4.69, 9.17) is 4.74 Å². The number of nitrogens with zero attached hydrogens (tertiary/aromatic N) is 2. The number of aryl methyl sites for hydroxylation is 2. The molecule has 1 amide bonds.